The summed E-state index contributed by atoms with van der Waals surface area (Å²) in [7, 11) is 0. The van der Waals surface area contributed by atoms with Crippen molar-refractivity contribution in [3.63, 3.8) is 0 Å². The van der Waals surface area contributed by atoms with E-state index in [2.05, 4.69) is 18.7 Å². The Balaban J connectivity index is 2.00. The number of ether oxygens (including phenoxy) is 1. The van der Waals surface area contributed by atoms with E-state index < -0.39 is 5.60 Å². The lowest BCUT2D eigenvalue weighted by Gasteiger charge is -2.27. The lowest BCUT2D eigenvalue weighted by atomic mass is 9.92. The van der Waals surface area contributed by atoms with Gasteiger partial charge in [-0.15, -0.1) is 0 Å². The first-order chi connectivity index (χ1) is 11.0. The maximum absolute atomic E-state index is 10.7. The maximum Gasteiger partial charge on any atom is 0.127 e. The Bertz CT molecular complexity index is 574. The molecule has 0 saturated heterocycles. The van der Waals surface area contributed by atoms with Crippen molar-refractivity contribution in [2.24, 2.45) is 0 Å². The summed E-state index contributed by atoms with van der Waals surface area (Å²) in [5, 5.41) is 10.7. The molecule has 0 aromatic heterocycles. The van der Waals surface area contributed by atoms with Crippen LogP contribution >= 0.6 is 0 Å². The second-order valence-corrected chi connectivity index (χ2v) is 5.99. The molecule has 0 fully saturated rings. The molecule has 2 aromatic rings. The van der Waals surface area contributed by atoms with Crippen molar-refractivity contribution in [3.05, 3.63) is 60.2 Å². The average molecular weight is 313 g/mol. The summed E-state index contributed by atoms with van der Waals surface area (Å²) >= 11 is 0. The molecule has 2 rings (SSSR count). The molecule has 0 bridgehead atoms. The molecule has 0 spiro atoms. The van der Waals surface area contributed by atoms with Gasteiger partial charge in [0.05, 0.1) is 5.60 Å². The summed E-state index contributed by atoms with van der Waals surface area (Å²) in [5.41, 5.74) is 0.0958. The third kappa shape index (κ3) is 5.08. The Morgan fingerprint density at radius 2 is 1.48 bits per heavy atom. The molecule has 0 aliphatic heterocycles. The van der Waals surface area contributed by atoms with Gasteiger partial charge in [0.2, 0.25) is 0 Å². The summed E-state index contributed by atoms with van der Waals surface area (Å²) in [5.74, 6) is 1.59. The Hall–Kier alpha value is -1.84. The third-order valence-electron chi connectivity index (χ3n) is 4.26. The third-order valence-corrected chi connectivity index (χ3v) is 4.26. The van der Waals surface area contributed by atoms with Crippen LogP contribution in [0, 0.1) is 0 Å². The maximum atomic E-state index is 10.7. The molecule has 2 aromatic carbocycles. The molecule has 0 heterocycles. The minimum atomic E-state index is -0.826. The summed E-state index contributed by atoms with van der Waals surface area (Å²) in [6, 6.07) is 17.4. The summed E-state index contributed by atoms with van der Waals surface area (Å²) < 4.78 is 5.79. The van der Waals surface area contributed by atoms with Crippen molar-refractivity contribution in [1.29, 1.82) is 0 Å². The predicted octanol–water partition coefficient (Wildman–Crippen LogP) is 4.42. The van der Waals surface area contributed by atoms with Crippen molar-refractivity contribution in [3.8, 4) is 11.5 Å². The monoisotopic (exact) mass is 313 g/mol. The van der Waals surface area contributed by atoms with Crippen molar-refractivity contribution >= 4 is 0 Å². The van der Waals surface area contributed by atoms with Gasteiger partial charge in [-0.3, -0.25) is 0 Å². The number of hydrogen-bond acceptors (Lipinski definition) is 3. The van der Waals surface area contributed by atoms with E-state index in [0.717, 1.165) is 36.7 Å². The fourth-order valence-electron chi connectivity index (χ4n) is 2.57. The van der Waals surface area contributed by atoms with Crippen LogP contribution in [0.2, 0.25) is 0 Å². The second-order valence-electron chi connectivity index (χ2n) is 5.99. The van der Waals surface area contributed by atoms with Crippen LogP contribution in [0.1, 0.15) is 32.8 Å². The van der Waals surface area contributed by atoms with E-state index in [9.17, 15) is 5.11 Å². The number of hydrogen-bond donors (Lipinski definition) is 1. The highest BCUT2D eigenvalue weighted by molar-refractivity contribution is 5.34. The van der Waals surface area contributed by atoms with E-state index in [1.54, 1.807) is 0 Å². The van der Waals surface area contributed by atoms with Crippen molar-refractivity contribution in [2.75, 3.05) is 19.6 Å². The van der Waals surface area contributed by atoms with E-state index in [0.29, 0.717) is 6.42 Å². The number of benzene rings is 2. The van der Waals surface area contributed by atoms with Gasteiger partial charge in [0.1, 0.15) is 11.5 Å². The highest BCUT2D eigenvalue weighted by atomic mass is 16.5. The molecule has 0 amide bonds. The van der Waals surface area contributed by atoms with Gasteiger partial charge in [0, 0.05) is 6.54 Å². The van der Waals surface area contributed by atoms with Crippen LogP contribution in [0.25, 0.3) is 0 Å². The second kappa shape index (κ2) is 8.14. The number of aliphatic hydroxyl groups is 1. The van der Waals surface area contributed by atoms with Crippen LogP contribution in [0.4, 0.5) is 0 Å². The molecule has 0 saturated carbocycles. The van der Waals surface area contributed by atoms with Gasteiger partial charge < -0.3 is 14.7 Å². The Labute approximate surface area is 139 Å². The molecule has 0 aliphatic rings. The summed E-state index contributed by atoms with van der Waals surface area (Å²) in [6.07, 6.45) is 0.716. The Morgan fingerprint density at radius 3 is 2.04 bits per heavy atom. The van der Waals surface area contributed by atoms with Gasteiger partial charge in [-0.25, -0.2) is 0 Å². The predicted molar refractivity (Wildman–Crippen MR) is 94.9 cm³/mol. The zero-order valence-corrected chi connectivity index (χ0v) is 14.3. The van der Waals surface area contributed by atoms with E-state index in [1.807, 2.05) is 61.5 Å². The fourth-order valence-corrected chi connectivity index (χ4v) is 2.57. The van der Waals surface area contributed by atoms with Crippen LogP contribution in [-0.4, -0.2) is 29.6 Å². The minimum Gasteiger partial charge on any atom is -0.457 e. The average Bonchev–Trinajstić information content (AvgIpc) is 2.57. The van der Waals surface area contributed by atoms with Crippen molar-refractivity contribution < 1.29 is 9.84 Å². The van der Waals surface area contributed by atoms with Crippen molar-refractivity contribution in [1.82, 2.24) is 4.90 Å². The van der Waals surface area contributed by atoms with Crippen LogP contribution in [0.3, 0.4) is 0 Å². The van der Waals surface area contributed by atoms with Crippen molar-refractivity contribution in [2.45, 2.75) is 32.8 Å². The van der Waals surface area contributed by atoms with Crippen LogP contribution in [0.15, 0.2) is 54.6 Å². The normalized spacial score (nSPS) is 13.8. The molecule has 0 radical (unpaired) electrons. The zero-order chi connectivity index (χ0) is 16.7. The first-order valence-corrected chi connectivity index (χ1v) is 8.33. The SMILES string of the molecule is CCN(CC)CCC(C)(O)c1ccc(Oc2ccccc2)cc1. The van der Waals surface area contributed by atoms with Gasteiger partial charge >= 0.3 is 0 Å². The smallest absolute Gasteiger partial charge is 0.127 e. The largest absolute Gasteiger partial charge is 0.457 e. The molecule has 3 nitrogen and oxygen atoms in total. The van der Waals surface area contributed by atoms with E-state index >= 15 is 0 Å². The molecule has 1 atom stereocenters. The Kier molecular flexibility index (Phi) is 6.20. The lowest BCUT2D eigenvalue weighted by Crippen LogP contribution is -2.31. The molecule has 3 heteroatoms. The lowest BCUT2D eigenvalue weighted by molar-refractivity contribution is 0.0369. The summed E-state index contributed by atoms with van der Waals surface area (Å²) in [4.78, 5) is 2.32. The summed E-state index contributed by atoms with van der Waals surface area (Å²) in [6.45, 7) is 9.08. The topological polar surface area (TPSA) is 32.7 Å². The number of rotatable bonds is 8. The van der Waals surface area contributed by atoms with E-state index in [1.165, 1.54) is 0 Å². The molecule has 124 valence electrons. The van der Waals surface area contributed by atoms with Crippen LogP contribution in [-0.2, 0) is 5.60 Å². The quantitative estimate of drug-likeness (QED) is 0.783. The fraction of sp³-hybridized carbons (Fsp3) is 0.400. The van der Waals surface area contributed by atoms with Gasteiger partial charge in [-0.2, -0.15) is 0 Å². The van der Waals surface area contributed by atoms with E-state index in [4.69, 9.17) is 4.74 Å². The van der Waals surface area contributed by atoms with Crippen LogP contribution < -0.4 is 4.74 Å². The first kappa shape index (κ1) is 17.5. The standard InChI is InChI=1S/C20H27NO2/c1-4-21(5-2)16-15-20(3,22)17-11-13-19(14-12-17)23-18-9-7-6-8-10-18/h6-14,22H,4-5,15-16H2,1-3H3. The van der Waals surface area contributed by atoms with Crippen LogP contribution in [0.5, 0.6) is 11.5 Å². The molecule has 0 aliphatic carbocycles. The highest BCUT2D eigenvalue weighted by Crippen LogP contribution is 2.28. The molecule has 1 N–H and O–H groups in total. The molecule has 1 unspecified atom stereocenters. The molecular formula is C20H27NO2. The molecular weight excluding hydrogens is 286 g/mol. The number of nitrogens with zero attached hydrogens (tertiary/aromatic N) is 1. The Morgan fingerprint density at radius 1 is 0.913 bits per heavy atom. The zero-order valence-electron chi connectivity index (χ0n) is 14.3. The first-order valence-electron chi connectivity index (χ1n) is 8.33. The van der Waals surface area contributed by atoms with Gasteiger partial charge in [-0.05, 0) is 56.3 Å². The van der Waals surface area contributed by atoms with Gasteiger partial charge in [0.15, 0.2) is 0 Å². The minimum absolute atomic E-state index is 0.716. The van der Waals surface area contributed by atoms with Gasteiger partial charge in [-0.1, -0.05) is 44.2 Å². The number of para-hydroxylation sites is 1. The van der Waals surface area contributed by atoms with Gasteiger partial charge in [0.25, 0.3) is 0 Å². The molecule has 23 heavy (non-hydrogen) atoms. The highest BCUT2D eigenvalue weighted by Gasteiger charge is 2.23. The van der Waals surface area contributed by atoms with E-state index in [-0.39, 0.29) is 0 Å².